The van der Waals surface area contributed by atoms with Gasteiger partial charge in [-0.2, -0.15) is 0 Å². The van der Waals surface area contributed by atoms with Crippen LogP contribution in [0.3, 0.4) is 0 Å². The number of amides is 1. The molecule has 0 aliphatic heterocycles. The van der Waals surface area contributed by atoms with Gasteiger partial charge in [-0.15, -0.1) is 0 Å². The number of hydrogen-bond donors (Lipinski definition) is 2. The van der Waals surface area contributed by atoms with Crippen LogP contribution >= 0.6 is 11.6 Å². The van der Waals surface area contributed by atoms with Crippen molar-refractivity contribution >= 4 is 29.2 Å². The molecule has 0 saturated heterocycles. The number of carbonyl (C=O) groups is 2. The minimum atomic E-state index is -0.384. The SMILES string of the molecule is CC(=O)OCCNC(=O)c1ccc(Cl)cc1N. The monoisotopic (exact) mass is 256 g/mol. The molecule has 0 unspecified atom stereocenters. The summed E-state index contributed by atoms with van der Waals surface area (Å²) < 4.78 is 4.67. The van der Waals surface area contributed by atoms with E-state index >= 15 is 0 Å². The fourth-order valence-electron chi connectivity index (χ4n) is 1.19. The Kier molecular flexibility index (Phi) is 4.78. The summed E-state index contributed by atoms with van der Waals surface area (Å²) in [4.78, 5) is 22.1. The zero-order valence-corrected chi connectivity index (χ0v) is 10.1. The molecule has 1 rings (SSSR count). The smallest absolute Gasteiger partial charge is 0.302 e. The number of nitrogens with two attached hydrogens (primary N) is 1. The van der Waals surface area contributed by atoms with Gasteiger partial charge >= 0.3 is 5.97 Å². The minimum absolute atomic E-state index is 0.133. The summed E-state index contributed by atoms with van der Waals surface area (Å²) in [5.41, 5.74) is 6.30. The van der Waals surface area contributed by atoms with Gasteiger partial charge in [-0.05, 0) is 18.2 Å². The average Bonchev–Trinajstić information content (AvgIpc) is 2.23. The Morgan fingerprint density at radius 2 is 2.18 bits per heavy atom. The predicted octanol–water partition coefficient (Wildman–Crippen LogP) is 1.22. The molecule has 6 heteroatoms. The molecule has 0 heterocycles. The van der Waals surface area contributed by atoms with E-state index in [4.69, 9.17) is 17.3 Å². The second kappa shape index (κ2) is 6.10. The van der Waals surface area contributed by atoms with Gasteiger partial charge in [-0.3, -0.25) is 9.59 Å². The largest absolute Gasteiger partial charge is 0.464 e. The summed E-state index contributed by atoms with van der Waals surface area (Å²) in [5.74, 6) is -0.712. The van der Waals surface area contributed by atoms with Gasteiger partial charge in [0.25, 0.3) is 5.91 Å². The lowest BCUT2D eigenvalue weighted by Gasteiger charge is -2.07. The van der Waals surface area contributed by atoms with Crippen LogP contribution in [0.1, 0.15) is 17.3 Å². The number of halogens is 1. The van der Waals surface area contributed by atoms with E-state index in [1.165, 1.54) is 13.0 Å². The highest BCUT2D eigenvalue weighted by molar-refractivity contribution is 6.31. The van der Waals surface area contributed by atoms with E-state index in [0.717, 1.165) is 0 Å². The Morgan fingerprint density at radius 3 is 2.76 bits per heavy atom. The number of anilines is 1. The van der Waals surface area contributed by atoms with Crippen LogP contribution in [0, 0.1) is 0 Å². The molecule has 17 heavy (non-hydrogen) atoms. The summed E-state index contributed by atoms with van der Waals surface area (Å²) in [5, 5.41) is 3.05. The van der Waals surface area contributed by atoms with Crippen molar-refractivity contribution in [2.24, 2.45) is 0 Å². The van der Waals surface area contributed by atoms with Crippen molar-refractivity contribution < 1.29 is 14.3 Å². The lowest BCUT2D eigenvalue weighted by atomic mass is 10.1. The molecule has 0 radical (unpaired) electrons. The van der Waals surface area contributed by atoms with Crippen LogP contribution in [0.25, 0.3) is 0 Å². The molecule has 0 atom stereocenters. The van der Waals surface area contributed by atoms with Crippen molar-refractivity contribution in [2.45, 2.75) is 6.92 Å². The molecule has 92 valence electrons. The summed E-state index contributed by atoms with van der Waals surface area (Å²) >= 11 is 5.71. The van der Waals surface area contributed by atoms with Crippen molar-refractivity contribution in [2.75, 3.05) is 18.9 Å². The molecule has 0 saturated carbocycles. The Labute approximate surface area is 104 Å². The van der Waals surface area contributed by atoms with Crippen LogP contribution in [-0.4, -0.2) is 25.0 Å². The minimum Gasteiger partial charge on any atom is -0.464 e. The van der Waals surface area contributed by atoms with E-state index < -0.39 is 0 Å². The number of nitrogen functional groups attached to an aromatic ring is 1. The second-order valence-corrected chi connectivity index (χ2v) is 3.76. The fourth-order valence-corrected chi connectivity index (χ4v) is 1.38. The van der Waals surface area contributed by atoms with Gasteiger partial charge in [0, 0.05) is 17.6 Å². The first-order valence-corrected chi connectivity index (χ1v) is 5.35. The summed E-state index contributed by atoms with van der Waals surface area (Å²) in [6.45, 7) is 1.67. The molecule has 0 bridgehead atoms. The topological polar surface area (TPSA) is 81.4 Å². The number of benzene rings is 1. The van der Waals surface area contributed by atoms with Crippen molar-refractivity contribution in [1.82, 2.24) is 5.32 Å². The van der Waals surface area contributed by atoms with E-state index in [9.17, 15) is 9.59 Å². The van der Waals surface area contributed by atoms with Crippen LogP contribution < -0.4 is 11.1 Å². The molecule has 3 N–H and O–H groups in total. The summed E-state index contributed by atoms with van der Waals surface area (Å²) in [6, 6.07) is 4.63. The molecular weight excluding hydrogens is 244 g/mol. The molecular formula is C11H13ClN2O3. The number of esters is 1. The number of nitrogens with one attached hydrogen (secondary N) is 1. The third-order valence-corrected chi connectivity index (χ3v) is 2.19. The molecule has 0 aliphatic carbocycles. The third-order valence-electron chi connectivity index (χ3n) is 1.95. The zero-order valence-electron chi connectivity index (χ0n) is 9.33. The Morgan fingerprint density at radius 1 is 1.47 bits per heavy atom. The number of ether oxygens (including phenoxy) is 1. The van der Waals surface area contributed by atoms with E-state index in [1.807, 2.05) is 0 Å². The van der Waals surface area contributed by atoms with Gasteiger partial charge in [-0.1, -0.05) is 11.6 Å². The van der Waals surface area contributed by atoms with Crippen LogP contribution in [0.5, 0.6) is 0 Å². The normalized spacial score (nSPS) is 9.76. The Bertz CT molecular complexity index is 435. The van der Waals surface area contributed by atoms with E-state index in [1.54, 1.807) is 12.1 Å². The van der Waals surface area contributed by atoms with Crippen LogP contribution in [0.15, 0.2) is 18.2 Å². The predicted molar refractivity (Wildman–Crippen MR) is 64.8 cm³/mol. The maximum Gasteiger partial charge on any atom is 0.302 e. The van der Waals surface area contributed by atoms with E-state index in [-0.39, 0.29) is 25.0 Å². The quantitative estimate of drug-likeness (QED) is 0.482. The first kappa shape index (κ1) is 13.3. The fraction of sp³-hybridized carbons (Fsp3) is 0.273. The molecule has 0 aliphatic rings. The lowest BCUT2D eigenvalue weighted by Crippen LogP contribution is -2.28. The van der Waals surface area contributed by atoms with Gasteiger partial charge in [-0.25, -0.2) is 0 Å². The van der Waals surface area contributed by atoms with Crippen molar-refractivity contribution in [1.29, 1.82) is 0 Å². The molecule has 1 aromatic rings. The van der Waals surface area contributed by atoms with Gasteiger partial charge in [0.05, 0.1) is 12.1 Å². The Balaban J connectivity index is 2.50. The first-order chi connectivity index (χ1) is 8.00. The van der Waals surface area contributed by atoms with Crippen LogP contribution in [0.4, 0.5) is 5.69 Å². The lowest BCUT2D eigenvalue weighted by molar-refractivity contribution is -0.140. The molecule has 1 aromatic carbocycles. The summed E-state index contributed by atoms with van der Waals surface area (Å²) in [7, 11) is 0. The van der Waals surface area contributed by atoms with Crippen molar-refractivity contribution in [3.8, 4) is 0 Å². The summed E-state index contributed by atoms with van der Waals surface area (Å²) in [6.07, 6.45) is 0. The maximum atomic E-state index is 11.6. The third kappa shape index (κ3) is 4.32. The van der Waals surface area contributed by atoms with Crippen LogP contribution in [0.2, 0.25) is 5.02 Å². The van der Waals surface area contributed by atoms with Crippen molar-refractivity contribution in [3.63, 3.8) is 0 Å². The number of hydrogen-bond acceptors (Lipinski definition) is 4. The zero-order chi connectivity index (χ0) is 12.8. The molecule has 0 aromatic heterocycles. The standard InChI is InChI=1S/C11H13ClN2O3/c1-7(15)17-5-4-14-11(16)9-3-2-8(12)6-10(9)13/h2-3,6H,4-5,13H2,1H3,(H,14,16). The van der Waals surface area contributed by atoms with E-state index in [2.05, 4.69) is 10.1 Å². The molecule has 0 spiro atoms. The van der Waals surface area contributed by atoms with Crippen molar-refractivity contribution in [3.05, 3.63) is 28.8 Å². The second-order valence-electron chi connectivity index (χ2n) is 3.33. The highest BCUT2D eigenvalue weighted by Crippen LogP contribution is 2.17. The maximum absolute atomic E-state index is 11.6. The van der Waals surface area contributed by atoms with E-state index in [0.29, 0.717) is 16.3 Å². The average molecular weight is 257 g/mol. The number of carbonyl (C=O) groups excluding carboxylic acids is 2. The van der Waals surface area contributed by atoms with Gasteiger partial charge in [0.15, 0.2) is 0 Å². The number of rotatable bonds is 4. The van der Waals surface area contributed by atoms with Crippen LogP contribution in [-0.2, 0) is 9.53 Å². The van der Waals surface area contributed by atoms with Gasteiger partial charge in [0.1, 0.15) is 6.61 Å². The molecule has 1 amide bonds. The highest BCUT2D eigenvalue weighted by Gasteiger charge is 2.09. The highest BCUT2D eigenvalue weighted by atomic mass is 35.5. The molecule has 5 nitrogen and oxygen atoms in total. The molecule has 0 fully saturated rings. The Hall–Kier alpha value is -1.75. The van der Waals surface area contributed by atoms with Gasteiger partial charge in [0.2, 0.25) is 0 Å². The first-order valence-electron chi connectivity index (χ1n) is 4.97. The van der Waals surface area contributed by atoms with Gasteiger partial charge < -0.3 is 15.8 Å².